The van der Waals surface area contributed by atoms with Gasteiger partial charge in [0.2, 0.25) is 0 Å². The summed E-state index contributed by atoms with van der Waals surface area (Å²) in [5.74, 6) is -2.50. The van der Waals surface area contributed by atoms with Crippen molar-refractivity contribution in [1.82, 2.24) is 0 Å². The molecule has 0 bridgehead atoms. The third-order valence-electron chi connectivity index (χ3n) is 0.917. The molecule has 0 spiro atoms. The van der Waals surface area contributed by atoms with E-state index in [-0.39, 0.29) is 18.3 Å². The SMILES string of the molecule is O.O=C(O)CC[C@@H](O)C(=O)O. The quantitative estimate of drug-likeness (QED) is 0.467. The van der Waals surface area contributed by atoms with Crippen LogP contribution in [0.1, 0.15) is 12.8 Å². The molecular formula is C5H10O6. The molecule has 0 fully saturated rings. The van der Waals surface area contributed by atoms with Crippen LogP contribution in [-0.2, 0) is 9.59 Å². The van der Waals surface area contributed by atoms with Gasteiger partial charge in [-0.05, 0) is 6.42 Å². The Bertz CT molecular complexity index is 142. The Morgan fingerprint density at radius 3 is 2.00 bits per heavy atom. The first-order valence-electron chi connectivity index (χ1n) is 2.66. The van der Waals surface area contributed by atoms with E-state index in [4.69, 9.17) is 15.3 Å². The number of hydrogen-bond donors (Lipinski definition) is 3. The van der Waals surface area contributed by atoms with E-state index in [2.05, 4.69) is 0 Å². The van der Waals surface area contributed by atoms with Gasteiger partial charge >= 0.3 is 11.9 Å². The molecule has 0 aromatic carbocycles. The Kier molecular flexibility index (Phi) is 6.41. The van der Waals surface area contributed by atoms with Crippen molar-refractivity contribution in [3.8, 4) is 0 Å². The summed E-state index contributed by atoms with van der Waals surface area (Å²) in [6, 6.07) is 0. The highest BCUT2D eigenvalue weighted by Crippen LogP contribution is 1.95. The number of carbonyl (C=O) groups is 2. The van der Waals surface area contributed by atoms with Crippen molar-refractivity contribution in [3.63, 3.8) is 0 Å². The van der Waals surface area contributed by atoms with Gasteiger partial charge in [-0.15, -0.1) is 0 Å². The molecule has 0 unspecified atom stereocenters. The van der Waals surface area contributed by atoms with Crippen molar-refractivity contribution in [3.05, 3.63) is 0 Å². The van der Waals surface area contributed by atoms with Gasteiger partial charge in [-0.1, -0.05) is 0 Å². The van der Waals surface area contributed by atoms with Crippen molar-refractivity contribution in [2.45, 2.75) is 18.9 Å². The van der Waals surface area contributed by atoms with E-state index in [0.717, 1.165) is 0 Å². The molecule has 0 aromatic rings. The van der Waals surface area contributed by atoms with Crippen LogP contribution in [0.5, 0.6) is 0 Å². The van der Waals surface area contributed by atoms with E-state index < -0.39 is 18.0 Å². The van der Waals surface area contributed by atoms with E-state index in [0.29, 0.717) is 0 Å². The molecule has 0 amide bonds. The first-order chi connectivity index (χ1) is 4.54. The lowest BCUT2D eigenvalue weighted by atomic mass is 10.2. The van der Waals surface area contributed by atoms with Gasteiger partial charge in [-0.25, -0.2) is 4.79 Å². The molecule has 0 aliphatic heterocycles. The summed E-state index contributed by atoms with van der Waals surface area (Å²) < 4.78 is 0. The summed E-state index contributed by atoms with van der Waals surface area (Å²) in [5.41, 5.74) is 0. The van der Waals surface area contributed by atoms with Crippen molar-refractivity contribution in [1.29, 1.82) is 0 Å². The highest BCUT2D eigenvalue weighted by atomic mass is 16.4. The summed E-state index contributed by atoms with van der Waals surface area (Å²) in [5, 5.41) is 24.6. The number of aliphatic hydroxyl groups excluding tert-OH is 1. The second-order valence-electron chi connectivity index (χ2n) is 1.79. The molecule has 6 nitrogen and oxygen atoms in total. The summed E-state index contributed by atoms with van der Waals surface area (Å²) in [6.07, 6.45) is -2.13. The molecule has 1 atom stereocenters. The largest absolute Gasteiger partial charge is 0.481 e. The van der Waals surface area contributed by atoms with Gasteiger partial charge in [-0.3, -0.25) is 4.79 Å². The summed E-state index contributed by atoms with van der Waals surface area (Å²) in [7, 11) is 0. The lowest BCUT2D eigenvalue weighted by Gasteiger charge is -2.00. The van der Waals surface area contributed by atoms with Gasteiger partial charge in [0.05, 0.1) is 0 Å². The Morgan fingerprint density at radius 2 is 1.73 bits per heavy atom. The minimum Gasteiger partial charge on any atom is -0.481 e. The molecule has 0 aromatic heterocycles. The molecule has 0 saturated carbocycles. The van der Waals surface area contributed by atoms with E-state index in [1.54, 1.807) is 0 Å². The van der Waals surface area contributed by atoms with Crippen LogP contribution in [0.3, 0.4) is 0 Å². The molecule has 0 rings (SSSR count). The Morgan fingerprint density at radius 1 is 1.27 bits per heavy atom. The standard InChI is InChI=1S/C5H8O5.H2O/c6-3(5(9)10)1-2-4(7)8;/h3,6H,1-2H2,(H,7,8)(H,9,10);1H2/t3-;/m1./s1. The highest BCUT2D eigenvalue weighted by molar-refractivity contribution is 5.73. The van der Waals surface area contributed by atoms with Crippen LogP contribution in [-0.4, -0.2) is 38.8 Å². The zero-order valence-electron chi connectivity index (χ0n) is 5.65. The Labute approximate surface area is 62.4 Å². The Balaban J connectivity index is 0. The number of hydrogen-bond acceptors (Lipinski definition) is 3. The van der Waals surface area contributed by atoms with E-state index in [1.807, 2.05) is 0 Å². The van der Waals surface area contributed by atoms with Crippen molar-refractivity contribution in [2.24, 2.45) is 0 Å². The third kappa shape index (κ3) is 6.75. The molecule has 0 aliphatic carbocycles. The molecule has 66 valence electrons. The smallest absolute Gasteiger partial charge is 0.332 e. The van der Waals surface area contributed by atoms with E-state index in [9.17, 15) is 9.59 Å². The van der Waals surface area contributed by atoms with E-state index in [1.165, 1.54) is 0 Å². The highest BCUT2D eigenvalue weighted by Gasteiger charge is 2.13. The minimum atomic E-state index is -1.56. The van der Waals surface area contributed by atoms with Crippen LogP contribution in [0, 0.1) is 0 Å². The topological polar surface area (TPSA) is 126 Å². The fourth-order valence-electron chi connectivity index (χ4n) is 0.384. The predicted molar refractivity (Wildman–Crippen MR) is 34.1 cm³/mol. The Hall–Kier alpha value is -1.14. The van der Waals surface area contributed by atoms with Crippen LogP contribution in [0.4, 0.5) is 0 Å². The molecule has 11 heavy (non-hydrogen) atoms. The van der Waals surface area contributed by atoms with Crippen LogP contribution < -0.4 is 0 Å². The van der Waals surface area contributed by atoms with Gasteiger partial charge < -0.3 is 20.8 Å². The van der Waals surface area contributed by atoms with Crippen molar-refractivity contribution < 1.29 is 30.4 Å². The summed E-state index contributed by atoms with van der Waals surface area (Å²) in [6.45, 7) is 0. The first kappa shape index (κ1) is 12.5. The van der Waals surface area contributed by atoms with Crippen LogP contribution in [0.15, 0.2) is 0 Å². The van der Waals surface area contributed by atoms with Gasteiger partial charge in [0.25, 0.3) is 0 Å². The maximum absolute atomic E-state index is 9.87. The van der Waals surface area contributed by atoms with Gasteiger partial charge in [-0.2, -0.15) is 0 Å². The third-order valence-corrected chi connectivity index (χ3v) is 0.917. The fourth-order valence-corrected chi connectivity index (χ4v) is 0.384. The average Bonchev–Trinajstić information content (AvgIpc) is 1.82. The minimum absolute atomic E-state index is 0. The number of aliphatic carboxylic acids is 2. The molecule has 0 saturated heterocycles. The fraction of sp³-hybridized carbons (Fsp3) is 0.600. The molecule has 6 heteroatoms. The summed E-state index contributed by atoms with van der Waals surface area (Å²) >= 11 is 0. The maximum atomic E-state index is 9.87. The number of aliphatic hydroxyl groups is 1. The van der Waals surface area contributed by atoms with Crippen molar-refractivity contribution >= 4 is 11.9 Å². The number of rotatable bonds is 4. The van der Waals surface area contributed by atoms with Gasteiger partial charge in [0.15, 0.2) is 6.10 Å². The molecule has 0 aliphatic rings. The van der Waals surface area contributed by atoms with Crippen LogP contribution >= 0.6 is 0 Å². The molecule has 0 heterocycles. The average molecular weight is 166 g/mol. The van der Waals surface area contributed by atoms with Gasteiger partial charge in [0.1, 0.15) is 0 Å². The monoisotopic (exact) mass is 166 g/mol. The maximum Gasteiger partial charge on any atom is 0.332 e. The van der Waals surface area contributed by atoms with Crippen LogP contribution in [0.2, 0.25) is 0 Å². The normalized spacial score (nSPS) is 11.4. The van der Waals surface area contributed by atoms with Gasteiger partial charge in [0, 0.05) is 6.42 Å². The second-order valence-corrected chi connectivity index (χ2v) is 1.79. The molecule has 5 N–H and O–H groups in total. The number of carboxylic acids is 2. The molecular weight excluding hydrogens is 156 g/mol. The second kappa shape index (κ2) is 5.63. The predicted octanol–water partition coefficient (Wildman–Crippen LogP) is -1.53. The number of carboxylic acid groups (broad SMARTS) is 2. The summed E-state index contributed by atoms with van der Waals surface area (Å²) in [4.78, 5) is 19.7. The first-order valence-corrected chi connectivity index (χ1v) is 2.66. The van der Waals surface area contributed by atoms with E-state index >= 15 is 0 Å². The lowest BCUT2D eigenvalue weighted by Crippen LogP contribution is -2.20. The lowest BCUT2D eigenvalue weighted by molar-refractivity contribution is -0.147. The van der Waals surface area contributed by atoms with Crippen molar-refractivity contribution in [2.75, 3.05) is 0 Å². The van der Waals surface area contributed by atoms with Crippen LogP contribution in [0.25, 0.3) is 0 Å². The zero-order chi connectivity index (χ0) is 8.15. The molecule has 0 radical (unpaired) electrons. The zero-order valence-corrected chi connectivity index (χ0v) is 5.65.